The minimum atomic E-state index is -4.53. The molecule has 78 valence electrons. The summed E-state index contributed by atoms with van der Waals surface area (Å²) in [5.41, 5.74) is -1.33. The highest BCUT2D eigenvalue weighted by Gasteiger charge is 2.33. The number of hydrogen-bond donors (Lipinski definition) is 0. The van der Waals surface area contributed by atoms with Crippen LogP contribution in [0.3, 0.4) is 0 Å². The van der Waals surface area contributed by atoms with Crippen molar-refractivity contribution in [3.63, 3.8) is 0 Å². The van der Waals surface area contributed by atoms with Crippen LogP contribution in [0.15, 0.2) is 35.8 Å². The largest absolute Gasteiger partial charge is 0.416 e. The zero-order chi connectivity index (χ0) is 11.5. The molecule has 5 heteroatoms. The van der Waals surface area contributed by atoms with E-state index >= 15 is 0 Å². The summed E-state index contributed by atoms with van der Waals surface area (Å²) < 4.78 is 36.9. The van der Waals surface area contributed by atoms with E-state index in [1.807, 2.05) is 0 Å². The average molecular weight is 213 g/mol. The molecule has 1 rings (SSSR count). The summed E-state index contributed by atoms with van der Waals surface area (Å²) in [6.45, 7) is 2.92. The molecule has 0 saturated heterocycles. The molecule has 0 bridgehead atoms. The van der Waals surface area contributed by atoms with E-state index in [-0.39, 0.29) is 11.3 Å². The van der Waals surface area contributed by atoms with Gasteiger partial charge in [0, 0.05) is 5.56 Å². The molecule has 1 aromatic carbocycles. The third kappa shape index (κ3) is 2.54. The molecule has 0 aliphatic heterocycles. The maximum atomic E-state index is 12.3. The fraction of sp³-hybridized carbons (Fsp3) is 0.100. The number of rotatable bonds is 2. The molecule has 0 fully saturated rings. The quantitative estimate of drug-likeness (QED) is 0.547. The molecule has 2 nitrogen and oxygen atoms in total. The Balaban J connectivity index is 3.25. The van der Waals surface area contributed by atoms with Crippen LogP contribution in [0.5, 0.6) is 0 Å². The second-order valence-corrected chi connectivity index (χ2v) is 2.70. The summed E-state index contributed by atoms with van der Waals surface area (Å²) in [5, 5.41) is 0. The van der Waals surface area contributed by atoms with E-state index in [0.29, 0.717) is 0 Å². The second-order valence-electron chi connectivity index (χ2n) is 2.70. The van der Waals surface area contributed by atoms with Crippen LogP contribution in [-0.4, -0.2) is 12.3 Å². The number of hydrogen-bond acceptors (Lipinski definition) is 2. The van der Waals surface area contributed by atoms with Crippen molar-refractivity contribution in [3.05, 3.63) is 36.4 Å². The number of halogens is 3. The van der Waals surface area contributed by atoms with Crippen molar-refractivity contribution >= 4 is 17.3 Å². The smallest absolute Gasteiger partial charge is 0.211 e. The van der Waals surface area contributed by atoms with Crippen molar-refractivity contribution in [1.82, 2.24) is 0 Å². The molecule has 1 aromatic rings. The Bertz CT molecular complexity index is 431. The predicted octanol–water partition coefficient (Wildman–Crippen LogP) is 3.23. The lowest BCUT2D eigenvalue weighted by molar-refractivity contribution is -0.0686. The fourth-order valence-electron chi connectivity index (χ4n) is 1.03. The molecule has 0 heterocycles. The summed E-state index contributed by atoms with van der Waals surface area (Å²) in [5.74, 6) is 0. The second kappa shape index (κ2) is 4.11. The third-order valence-electron chi connectivity index (χ3n) is 1.74. The van der Waals surface area contributed by atoms with Crippen LogP contribution in [0.1, 0.15) is 5.56 Å². The Morgan fingerprint density at radius 1 is 1.33 bits per heavy atom. The van der Waals surface area contributed by atoms with E-state index in [0.717, 1.165) is 0 Å². The molecular formula is C10H6F3NO. The van der Waals surface area contributed by atoms with Crippen LogP contribution in [-0.2, 0) is 4.79 Å². The zero-order valence-corrected chi connectivity index (χ0v) is 7.51. The molecule has 15 heavy (non-hydrogen) atoms. The Hall–Kier alpha value is -1.87. The lowest BCUT2D eigenvalue weighted by Crippen LogP contribution is -2.09. The van der Waals surface area contributed by atoms with Crippen molar-refractivity contribution in [2.45, 2.75) is 6.18 Å². The van der Waals surface area contributed by atoms with Gasteiger partial charge in [0.2, 0.25) is 6.08 Å². The minimum absolute atomic E-state index is 0.0881. The fourth-order valence-corrected chi connectivity index (χ4v) is 1.03. The average Bonchev–Trinajstić information content (AvgIpc) is 2.17. The molecule has 0 amide bonds. The van der Waals surface area contributed by atoms with Crippen molar-refractivity contribution in [1.29, 1.82) is 0 Å². The number of isocyanates is 1. The zero-order valence-electron chi connectivity index (χ0n) is 7.51. The first-order valence-electron chi connectivity index (χ1n) is 3.90. The first-order chi connectivity index (χ1) is 6.96. The molecule has 0 spiro atoms. The molecular weight excluding hydrogens is 207 g/mol. The van der Waals surface area contributed by atoms with E-state index in [9.17, 15) is 18.0 Å². The van der Waals surface area contributed by atoms with E-state index in [2.05, 4.69) is 11.6 Å². The molecule has 0 unspecified atom stereocenters. The maximum absolute atomic E-state index is 12.3. The Kier molecular flexibility index (Phi) is 3.07. The molecule has 0 radical (unpaired) electrons. The van der Waals surface area contributed by atoms with Crippen LogP contribution >= 0.6 is 0 Å². The molecule has 0 N–H and O–H groups in total. The minimum Gasteiger partial charge on any atom is -0.211 e. The van der Waals surface area contributed by atoms with Gasteiger partial charge in [0.05, 0.1) is 11.3 Å². The molecule has 0 saturated carbocycles. The lowest BCUT2D eigenvalue weighted by atomic mass is 10.1. The van der Waals surface area contributed by atoms with Gasteiger partial charge in [0.1, 0.15) is 0 Å². The SMILES string of the molecule is C=C(c1ccccc1N=C=O)C(F)(F)F. The normalized spacial score (nSPS) is 10.6. The summed E-state index contributed by atoms with van der Waals surface area (Å²) in [6.07, 6.45) is -3.34. The van der Waals surface area contributed by atoms with Crippen LogP contribution in [0, 0.1) is 0 Å². The number of aliphatic imine (C=N–C) groups is 1. The van der Waals surface area contributed by atoms with E-state index in [1.165, 1.54) is 30.3 Å². The Morgan fingerprint density at radius 3 is 2.47 bits per heavy atom. The monoisotopic (exact) mass is 213 g/mol. The highest BCUT2D eigenvalue weighted by Crippen LogP contribution is 2.36. The number of carbonyl (C=O) groups excluding carboxylic acids is 1. The summed E-state index contributed by atoms with van der Waals surface area (Å²) in [6, 6.07) is 5.38. The third-order valence-corrected chi connectivity index (χ3v) is 1.74. The number of benzene rings is 1. The van der Waals surface area contributed by atoms with Crippen molar-refractivity contribution in [3.8, 4) is 0 Å². The maximum Gasteiger partial charge on any atom is 0.416 e. The molecule has 0 aliphatic rings. The Labute approximate surface area is 83.8 Å². The standard InChI is InChI=1S/C10H6F3NO/c1-7(10(11,12)13)8-4-2-3-5-9(8)14-6-15/h2-5H,1H2. The highest BCUT2D eigenvalue weighted by atomic mass is 19.4. The van der Waals surface area contributed by atoms with Gasteiger partial charge in [0.25, 0.3) is 0 Å². The van der Waals surface area contributed by atoms with Gasteiger partial charge in [-0.25, -0.2) is 4.79 Å². The van der Waals surface area contributed by atoms with E-state index < -0.39 is 11.7 Å². The summed E-state index contributed by atoms with van der Waals surface area (Å²) in [7, 11) is 0. The summed E-state index contributed by atoms with van der Waals surface area (Å²) >= 11 is 0. The number of para-hydroxylation sites is 1. The first kappa shape index (κ1) is 11.2. The van der Waals surface area contributed by atoms with Gasteiger partial charge in [-0.15, -0.1) is 0 Å². The van der Waals surface area contributed by atoms with Crippen molar-refractivity contribution < 1.29 is 18.0 Å². The van der Waals surface area contributed by atoms with Crippen LogP contribution in [0.2, 0.25) is 0 Å². The van der Waals surface area contributed by atoms with Crippen LogP contribution < -0.4 is 0 Å². The lowest BCUT2D eigenvalue weighted by Gasteiger charge is -2.11. The number of allylic oxidation sites excluding steroid dienone is 1. The van der Waals surface area contributed by atoms with Gasteiger partial charge in [-0.05, 0) is 6.07 Å². The molecule has 0 atom stereocenters. The number of nitrogens with zero attached hydrogens (tertiary/aromatic N) is 1. The summed E-state index contributed by atoms with van der Waals surface area (Å²) in [4.78, 5) is 13.2. The van der Waals surface area contributed by atoms with Gasteiger partial charge < -0.3 is 0 Å². The van der Waals surface area contributed by atoms with E-state index in [1.54, 1.807) is 0 Å². The predicted molar refractivity (Wildman–Crippen MR) is 49.3 cm³/mol. The van der Waals surface area contributed by atoms with Gasteiger partial charge >= 0.3 is 6.18 Å². The molecule has 0 aliphatic carbocycles. The van der Waals surface area contributed by atoms with Crippen LogP contribution in [0.4, 0.5) is 18.9 Å². The van der Waals surface area contributed by atoms with Gasteiger partial charge in [0.15, 0.2) is 0 Å². The van der Waals surface area contributed by atoms with Crippen molar-refractivity contribution in [2.75, 3.05) is 0 Å². The van der Waals surface area contributed by atoms with Gasteiger partial charge in [-0.3, -0.25) is 0 Å². The van der Waals surface area contributed by atoms with Gasteiger partial charge in [-0.2, -0.15) is 18.2 Å². The van der Waals surface area contributed by atoms with Gasteiger partial charge in [-0.1, -0.05) is 24.8 Å². The van der Waals surface area contributed by atoms with Crippen molar-refractivity contribution in [2.24, 2.45) is 4.99 Å². The topological polar surface area (TPSA) is 29.4 Å². The highest BCUT2D eigenvalue weighted by molar-refractivity contribution is 5.77. The van der Waals surface area contributed by atoms with E-state index in [4.69, 9.17) is 0 Å². The number of alkyl halides is 3. The first-order valence-corrected chi connectivity index (χ1v) is 3.90. The molecule has 0 aromatic heterocycles. The van der Waals surface area contributed by atoms with Crippen LogP contribution in [0.25, 0.3) is 5.57 Å². The Morgan fingerprint density at radius 2 is 1.93 bits per heavy atom.